The van der Waals surface area contributed by atoms with E-state index >= 15 is 0 Å². The standard InChI is InChI=1S/C77H86BIN2S/c1-48-22-31-55(32-23-48)80(56-33-24-49(2)25-34-56)57-41-52(40-50-26-28-53(29-27-50)72(3,4)5)69-67(43-57)81(65-46-62-60(74(9,10)36-38-76(62,13)14)44-58(65)51-20-18-17-19-21-51)66-47-63-61(75(11,12)37-39-77(63,15)16)45-64(66)78(69)71-70(79)59-42-54(73(6,7)8)30-35-68(59)82-71/h17-35,41-44,46-47,61H,36-40,45H2,1-16H3. The lowest BCUT2D eigenvalue weighted by Crippen LogP contribution is -2.54. The summed E-state index contributed by atoms with van der Waals surface area (Å²) in [5.41, 5.74) is 25.8. The number of fused-ring (bicyclic) bond motifs is 4. The van der Waals surface area contributed by atoms with E-state index in [0.717, 1.165) is 37.1 Å². The van der Waals surface area contributed by atoms with Crippen molar-refractivity contribution in [3.63, 3.8) is 0 Å². The predicted molar refractivity (Wildman–Crippen MR) is 366 cm³/mol. The molecule has 420 valence electrons. The summed E-state index contributed by atoms with van der Waals surface area (Å²) in [6.07, 6.45) is 9.27. The average molecular weight is 1210 g/mol. The molecule has 4 aliphatic rings. The highest BCUT2D eigenvalue weighted by molar-refractivity contribution is 14.1. The zero-order valence-corrected chi connectivity index (χ0v) is 55.0. The maximum absolute atomic E-state index is 2.85. The zero-order chi connectivity index (χ0) is 58.2. The molecular weight excluding hydrogens is 1120 g/mol. The summed E-state index contributed by atoms with van der Waals surface area (Å²) in [5, 5.41) is 1.39. The second-order valence-corrected chi connectivity index (χ2v) is 32.0. The van der Waals surface area contributed by atoms with Gasteiger partial charge in [-0.05, 0) is 229 Å². The molecule has 1 aromatic heterocycles. The van der Waals surface area contributed by atoms with E-state index in [1.807, 2.05) is 11.3 Å². The van der Waals surface area contributed by atoms with Crippen molar-refractivity contribution in [2.24, 2.45) is 16.7 Å². The molecule has 1 atom stereocenters. The highest BCUT2D eigenvalue weighted by Gasteiger charge is 2.51. The summed E-state index contributed by atoms with van der Waals surface area (Å²) in [6.45, 7) is 38.8. The maximum Gasteiger partial charge on any atom is 0.256 e. The van der Waals surface area contributed by atoms with Crippen molar-refractivity contribution < 1.29 is 0 Å². The van der Waals surface area contributed by atoms with E-state index in [4.69, 9.17) is 0 Å². The van der Waals surface area contributed by atoms with Crippen LogP contribution in [-0.2, 0) is 28.1 Å². The molecule has 0 amide bonds. The highest BCUT2D eigenvalue weighted by Crippen LogP contribution is 2.60. The first-order valence-corrected chi connectivity index (χ1v) is 32.4. The summed E-state index contributed by atoms with van der Waals surface area (Å²) >= 11 is 4.84. The molecule has 1 unspecified atom stereocenters. The minimum Gasteiger partial charge on any atom is -0.311 e. The Hall–Kier alpha value is -5.63. The van der Waals surface area contributed by atoms with E-state index in [1.54, 1.807) is 11.0 Å². The van der Waals surface area contributed by atoms with E-state index in [9.17, 15) is 0 Å². The van der Waals surface area contributed by atoms with E-state index in [1.165, 1.54) is 115 Å². The molecule has 1 aliphatic heterocycles. The lowest BCUT2D eigenvalue weighted by molar-refractivity contribution is 0.122. The minimum absolute atomic E-state index is 0.0144. The second kappa shape index (κ2) is 20.3. The van der Waals surface area contributed by atoms with Crippen molar-refractivity contribution in [2.45, 2.75) is 171 Å². The summed E-state index contributed by atoms with van der Waals surface area (Å²) in [5.74, 6) is 0.406. The zero-order valence-electron chi connectivity index (χ0n) is 52.0. The number of rotatable bonds is 8. The third-order valence-electron chi connectivity index (χ3n) is 20.0. The van der Waals surface area contributed by atoms with Crippen LogP contribution in [0.2, 0.25) is 0 Å². The number of aryl methyl sites for hydroxylation is 2. The molecule has 0 N–H and O–H groups in total. The summed E-state index contributed by atoms with van der Waals surface area (Å²) in [6, 6.07) is 57.4. The fraction of sp³-hybridized carbons (Fsp3) is 0.377. The Morgan fingerprint density at radius 1 is 0.598 bits per heavy atom. The van der Waals surface area contributed by atoms with Crippen LogP contribution in [0.3, 0.4) is 0 Å². The van der Waals surface area contributed by atoms with Gasteiger partial charge in [0.15, 0.2) is 0 Å². The summed E-state index contributed by atoms with van der Waals surface area (Å²) < 4.78 is 4.24. The molecule has 2 nitrogen and oxygen atoms in total. The number of hydrogen-bond acceptors (Lipinski definition) is 3. The van der Waals surface area contributed by atoms with Gasteiger partial charge in [-0.25, -0.2) is 0 Å². The second-order valence-electron chi connectivity index (χ2n) is 29.9. The van der Waals surface area contributed by atoms with Gasteiger partial charge in [0.25, 0.3) is 6.71 Å². The fourth-order valence-electron chi connectivity index (χ4n) is 14.4. The van der Waals surface area contributed by atoms with Gasteiger partial charge < -0.3 is 9.80 Å². The topological polar surface area (TPSA) is 6.48 Å². The fourth-order valence-corrected chi connectivity index (χ4v) is 16.9. The third kappa shape index (κ3) is 10.1. The van der Waals surface area contributed by atoms with Crippen molar-refractivity contribution in [1.29, 1.82) is 0 Å². The number of thiophene rings is 1. The Balaban J connectivity index is 1.27. The van der Waals surface area contributed by atoms with Gasteiger partial charge in [-0.1, -0.05) is 204 Å². The number of halogens is 1. The van der Waals surface area contributed by atoms with Gasteiger partial charge in [0.2, 0.25) is 0 Å². The SMILES string of the molecule is Cc1ccc(N(c2ccc(C)cc2)c2cc(Cc3ccc(C(C)(C)C)cc3)c3c(c2)N(c2cc4c(cc2-c2ccccc2)C(C)(C)CCC4(C)C)C2=C(CC4C(=C2)C(C)(C)CCC4(C)C)B3c2sc3ccc(C(C)(C)C)cc3c2I)cc1. The van der Waals surface area contributed by atoms with Gasteiger partial charge in [0, 0.05) is 47.7 Å². The normalized spacial score (nSPS) is 18.8. The van der Waals surface area contributed by atoms with Crippen LogP contribution in [0.15, 0.2) is 168 Å². The van der Waals surface area contributed by atoms with E-state index < -0.39 is 0 Å². The lowest BCUT2D eigenvalue weighted by atomic mass is 9.34. The molecule has 5 heteroatoms. The molecule has 0 bridgehead atoms. The number of hydrogen-bond donors (Lipinski definition) is 0. The summed E-state index contributed by atoms with van der Waals surface area (Å²) in [7, 11) is 0. The van der Waals surface area contributed by atoms with Crippen LogP contribution in [0.25, 0.3) is 21.2 Å². The predicted octanol–water partition coefficient (Wildman–Crippen LogP) is 21.1. The Bertz CT molecular complexity index is 3810. The average Bonchev–Trinajstić information content (AvgIpc) is 1.23. The third-order valence-corrected chi connectivity index (χ3v) is 22.8. The molecule has 3 aliphatic carbocycles. The Kier molecular flexibility index (Phi) is 14.1. The first-order valence-electron chi connectivity index (χ1n) is 30.5. The Labute approximate surface area is 510 Å². The molecule has 7 aromatic carbocycles. The van der Waals surface area contributed by atoms with Crippen molar-refractivity contribution in [1.82, 2.24) is 0 Å². The Morgan fingerprint density at radius 3 is 1.77 bits per heavy atom. The van der Waals surface area contributed by atoms with Crippen LogP contribution in [0, 0.1) is 34.2 Å². The smallest absolute Gasteiger partial charge is 0.256 e. The number of nitrogens with zero attached hydrogens (tertiary/aromatic N) is 2. The molecule has 2 heterocycles. The first kappa shape index (κ1) is 56.8. The van der Waals surface area contributed by atoms with Crippen molar-refractivity contribution >= 4 is 89.4 Å². The van der Waals surface area contributed by atoms with Crippen LogP contribution in [0.5, 0.6) is 0 Å². The quantitative estimate of drug-likeness (QED) is 0.111. The van der Waals surface area contributed by atoms with Gasteiger partial charge in [0.1, 0.15) is 0 Å². The largest absolute Gasteiger partial charge is 0.311 e. The molecule has 0 radical (unpaired) electrons. The molecule has 0 saturated heterocycles. The lowest BCUT2D eigenvalue weighted by Gasteiger charge is -2.53. The molecule has 1 fully saturated rings. The van der Waals surface area contributed by atoms with Gasteiger partial charge in [-0.3, -0.25) is 0 Å². The van der Waals surface area contributed by atoms with Crippen LogP contribution in [-0.4, -0.2) is 6.71 Å². The molecule has 12 rings (SSSR count). The van der Waals surface area contributed by atoms with Crippen molar-refractivity contribution in [3.8, 4) is 11.1 Å². The van der Waals surface area contributed by atoms with Gasteiger partial charge in [0.05, 0.1) is 5.69 Å². The molecular formula is C77H86BIN2S. The van der Waals surface area contributed by atoms with Gasteiger partial charge >= 0.3 is 0 Å². The van der Waals surface area contributed by atoms with Crippen LogP contribution >= 0.6 is 33.9 Å². The van der Waals surface area contributed by atoms with Crippen molar-refractivity contribution in [3.05, 3.63) is 216 Å². The monoisotopic (exact) mass is 1210 g/mol. The highest BCUT2D eigenvalue weighted by atomic mass is 127. The van der Waals surface area contributed by atoms with E-state index in [-0.39, 0.29) is 39.2 Å². The number of allylic oxidation sites excluding steroid dienone is 3. The molecule has 82 heavy (non-hydrogen) atoms. The van der Waals surface area contributed by atoms with E-state index in [2.05, 4.69) is 295 Å². The summed E-state index contributed by atoms with van der Waals surface area (Å²) in [4.78, 5) is 5.39. The van der Waals surface area contributed by atoms with Gasteiger partial charge in [-0.15, -0.1) is 11.3 Å². The van der Waals surface area contributed by atoms with Crippen LogP contribution in [0.1, 0.15) is 174 Å². The number of anilines is 5. The van der Waals surface area contributed by atoms with Gasteiger partial charge in [-0.2, -0.15) is 0 Å². The number of benzene rings is 7. The van der Waals surface area contributed by atoms with Crippen LogP contribution in [0.4, 0.5) is 28.4 Å². The van der Waals surface area contributed by atoms with E-state index in [0.29, 0.717) is 5.92 Å². The Morgan fingerprint density at radius 2 is 1.17 bits per heavy atom. The molecule has 1 saturated carbocycles. The first-order chi connectivity index (χ1) is 38.6. The van der Waals surface area contributed by atoms with Crippen molar-refractivity contribution in [2.75, 3.05) is 9.80 Å². The minimum atomic E-state index is -0.0162. The maximum atomic E-state index is 2.85. The molecule has 0 spiro atoms. The molecule has 8 aromatic rings. The van der Waals surface area contributed by atoms with Crippen LogP contribution < -0.4 is 20.0 Å².